The average Bonchev–Trinajstić information content (AvgIpc) is 2.35. The molecule has 1 aliphatic rings. The van der Waals surface area contributed by atoms with Gasteiger partial charge in [0.2, 0.25) is 11.8 Å². The Morgan fingerprint density at radius 2 is 2.00 bits per heavy atom. The first-order valence-electron chi connectivity index (χ1n) is 5.61. The number of nitrogens with zero attached hydrogens (tertiary/aromatic N) is 1. The predicted molar refractivity (Wildman–Crippen MR) is 58.5 cm³/mol. The molecule has 1 aliphatic heterocycles. The van der Waals surface area contributed by atoms with Crippen LogP contribution in [0.5, 0.6) is 0 Å². The summed E-state index contributed by atoms with van der Waals surface area (Å²) in [6.45, 7) is 4.80. The van der Waals surface area contributed by atoms with Gasteiger partial charge in [0, 0.05) is 32.5 Å². The molecule has 0 radical (unpaired) electrons. The minimum absolute atomic E-state index is 0.0705. The Morgan fingerprint density at radius 1 is 1.31 bits per heavy atom. The minimum Gasteiger partial charge on any atom is -0.378 e. The Morgan fingerprint density at radius 3 is 2.62 bits per heavy atom. The normalized spacial score (nSPS) is 15.9. The number of hydrogen-bond acceptors (Lipinski definition) is 4. The van der Waals surface area contributed by atoms with Crippen molar-refractivity contribution >= 4 is 11.8 Å². The van der Waals surface area contributed by atoms with Crippen LogP contribution in [-0.2, 0) is 14.3 Å². The summed E-state index contributed by atoms with van der Waals surface area (Å²) in [6.07, 6.45) is 0.828. The zero-order chi connectivity index (χ0) is 11.8. The van der Waals surface area contributed by atoms with E-state index in [-0.39, 0.29) is 11.8 Å². The van der Waals surface area contributed by atoms with Gasteiger partial charge in [-0.2, -0.15) is 0 Å². The number of carbonyl (C=O) groups excluding carboxylic acids is 2. The van der Waals surface area contributed by atoms with E-state index >= 15 is 0 Å². The van der Waals surface area contributed by atoms with Gasteiger partial charge in [0.05, 0.1) is 13.2 Å². The molecule has 2 amide bonds. The zero-order valence-electron chi connectivity index (χ0n) is 9.62. The molecule has 0 aromatic heterocycles. The third-order valence-electron chi connectivity index (χ3n) is 2.38. The number of hydrazine groups is 1. The van der Waals surface area contributed by atoms with E-state index in [4.69, 9.17) is 4.74 Å². The van der Waals surface area contributed by atoms with E-state index in [1.165, 1.54) is 0 Å². The summed E-state index contributed by atoms with van der Waals surface area (Å²) in [4.78, 5) is 24.3. The van der Waals surface area contributed by atoms with Crippen molar-refractivity contribution in [1.82, 2.24) is 15.8 Å². The van der Waals surface area contributed by atoms with Crippen molar-refractivity contribution in [3.8, 4) is 0 Å². The highest BCUT2D eigenvalue weighted by atomic mass is 16.5. The van der Waals surface area contributed by atoms with Crippen molar-refractivity contribution in [2.45, 2.75) is 19.8 Å². The fourth-order valence-corrected chi connectivity index (χ4v) is 1.39. The Hall–Kier alpha value is -1.14. The van der Waals surface area contributed by atoms with E-state index < -0.39 is 0 Å². The van der Waals surface area contributed by atoms with E-state index in [1.807, 2.05) is 0 Å². The first-order valence-corrected chi connectivity index (χ1v) is 5.61. The summed E-state index contributed by atoms with van der Waals surface area (Å²) >= 11 is 0. The number of morpholine rings is 1. The predicted octanol–water partition coefficient (Wildman–Crippen LogP) is -0.734. The molecule has 0 atom stereocenters. The Labute approximate surface area is 95.3 Å². The second-order valence-corrected chi connectivity index (χ2v) is 3.57. The number of hydrogen-bond donors (Lipinski definition) is 2. The molecule has 0 bridgehead atoms. The van der Waals surface area contributed by atoms with Crippen molar-refractivity contribution < 1.29 is 14.3 Å². The van der Waals surface area contributed by atoms with Gasteiger partial charge in [-0.3, -0.25) is 15.0 Å². The van der Waals surface area contributed by atoms with Crippen LogP contribution >= 0.6 is 0 Å². The van der Waals surface area contributed by atoms with E-state index in [1.54, 1.807) is 11.8 Å². The quantitative estimate of drug-likeness (QED) is 0.481. The molecule has 0 aromatic carbocycles. The van der Waals surface area contributed by atoms with Crippen LogP contribution in [-0.4, -0.2) is 49.6 Å². The van der Waals surface area contributed by atoms with Crippen LogP contribution in [0.1, 0.15) is 19.8 Å². The Bertz CT molecular complexity index is 239. The van der Waals surface area contributed by atoms with Gasteiger partial charge in [0.15, 0.2) is 0 Å². The minimum atomic E-state index is -0.0705. The van der Waals surface area contributed by atoms with E-state index in [0.717, 1.165) is 0 Å². The Balaban J connectivity index is 2.07. The molecule has 0 aromatic rings. The van der Waals surface area contributed by atoms with Crippen LogP contribution in [0.25, 0.3) is 0 Å². The van der Waals surface area contributed by atoms with Crippen LogP contribution in [0.4, 0.5) is 0 Å². The maximum absolute atomic E-state index is 11.6. The number of ether oxygens (including phenoxy) is 1. The van der Waals surface area contributed by atoms with Crippen molar-refractivity contribution in [3.63, 3.8) is 0 Å². The number of amides is 2. The monoisotopic (exact) mass is 229 g/mol. The van der Waals surface area contributed by atoms with Crippen LogP contribution in [0, 0.1) is 0 Å². The molecule has 0 saturated carbocycles. The molecule has 6 heteroatoms. The van der Waals surface area contributed by atoms with E-state index in [9.17, 15) is 9.59 Å². The molecule has 0 unspecified atom stereocenters. The maximum atomic E-state index is 11.6. The van der Waals surface area contributed by atoms with Crippen LogP contribution in [0.2, 0.25) is 0 Å². The molecular formula is C10H19N3O3. The lowest BCUT2D eigenvalue weighted by atomic mass is 10.3. The standard InChI is InChI=1S/C10H19N3O3/c1-2-9(14)12-11-4-3-10(15)13-5-7-16-8-6-13/h11H,2-8H2,1H3,(H,12,14). The summed E-state index contributed by atoms with van der Waals surface area (Å²) in [5, 5.41) is 0. The SMILES string of the molecule is CCC(=O)NNCCC(=O)N1CCOCC1. The van der Waals surface area contributed by atoms with Crippen molar-refractivity contribution in [3.05, 3.63) is 0 Å². The summed E-state index contributed by atoms with van der Waals surface area (Å²) in [7, 11) is 0. The van der Waals surface area contributed by atoms with Crippen molar-refractivity contribution in [1.29, 1.82) is 0 Å². The van der Waals surface area contributed by atoms with Gasteiger partial charge in [-0.1, -0.05) is 6.92 Å². The molecule has 16 heavy (non-hydrogen) atoms. The Kier molecular flexibility index (Phi) is 5.81. The van der Waals surface area contributed by atoms with Crippen LogP contribution < -0.4 is 10.9 Å². The molecule has 1 fully saturated rings. The third-order valence-corrected chi connectivity index (χ3v) is 2.38. The molecule has 0 spiro atoms. The van der Waals surface area contributed by atoms with E-state index in [0.29, 0.717) is 45.7 Å². The highest BCUT2D eigenvalue weighted by Gasteiger charge is 2.15. The number of nitrogens with one attached hydrogen (secondary N) is 2. The molecule has 2 N–H and O–H groups in total. The molecule has 92 valence electrons. The summed E-state index contributed by atoms with van der Waals surface area (Å²) < 4.78 is 5.16. The lowest BCUT2D eigenvalue weighted by molar-refractivity contribution is -0.135. The molecule has 1 heterocycles. The van der Waals surface area contributed by atoms with E-state index in [2.05, 4.69) is 10.9 Å². The van der Waals surface area contributed by atoms with Crippen molar-refractivity contribution in [2.75, 3.05) is 32.8 Å². The summed E-state index contributed by atoms with van der Waals surface area (Å²) in [5.41, 5.74) is 5.23. The second kappa shape index (κ2) is 7.19. The molecular weight excluding hydrogens is 210 g/mol. The van der Waals surface area contributed by atoms with Crippen molar-refractivity contribution in [2.24, 2.45) is 0 Å². The van der Waals surface area contributed by atoms with Gasteiger partial charge in [0.1, 0.15) is 0 Å². The third kappa shape index (κ3) is 4.59. The molecule has 1 saturated heterocycles. The fourth-order valence-electron chi connectivity index (χ4n) is 1.39. The van der Waals surface area contributed by atoms with Crippen LogP contribution in [0.15, 0.2) is 0 Å². The van der Waals surface area contributed by atoms with Gasteiger partial charge in [0.25, 0.3) is 0 Å². The molecule has 0 aliphatic carbocycles. The highest BCUT2D eigenvalue weighted by Crippen LogP contribution is 1.99. The van der Waals surface area contributed by atoms with Gasteiger partial charge in [-0.05, 0) is 0 Å². The average molecular weight is 229 g/mol. The maximum Gasteiger partial charge on any atom is 0.233 e. The fraction of sp³-hybridized carbons (Fsp3) is 0.800. The van der Waals surface area contributed by atoms with Gasteiger partial charge < -0.3 is 9.64 Å². The topological polar surface area (TPSA) is 70.7 Å². The summed E-state index contributed by atoms with van der Waals surface area (Å²) in [6, 6.07) is 0. The first kappa shape index (κ1) is 12.9. The van der Waals surface area contributed by atoms with Crippen LogP contribution in [0.3, 0.4) is 0 Å². The lowest BCUT2D eigenvalue weighted by Gasteiger charge is -2.26. The van der Waals surface area contributed by atoms with Gasteiger partial charge in [-0.15, -0.1) is 0 Å². The zero-order valence-corrected chi connectivity index (χ0v) is 9.62. The summed E-state index contributed by atoms with van der Waals surface area (Å²) in [5.74, 6) is 0.0281. The lowest BCUT2D eigenvalue weighted by Crippen LogP contribution is -2.43. The molecule has 1 rings (SSSR count). The highest BCUT2D eigenvalue weighted by molar-refractivity contribution is 5.77. The number of carbonyl (C=O) groups is 2. The second-order valence-electron chi connectivity index (χ2n) is 3.57. The first-order chi connectivity index (χ1) is 7.74. The number of rotatable bonds is 5. The smallest absolute Gasteiger partial charge is 0.233 e. The molecule has 6 nitrogen and oxygen atoms in total. The van der Waals surface area contributed by atoms with Gasteiger partial charge >= 0.3 is 0 Å². The van der Waals surface area contributed by atoms with Gasteiger partial charge in [-0.25, -0.2) is 5.43 Å². The largest absolute Gasteiger partial charge is 0.378 e.